The highest BCUT2D eigenvalue weighted by molar-refractivity contribution is 5.91. The van der Waals surface area contributed by atoms with Crippen LogP contribution in [-0.2, 0) is 4.74 Å². The van der Waals surface area contributed by atoms with Gasteiger partial charge in [0.15, 0.2) is 17.4 Å². The number of rotatable bonds is 7. The largest absolute Gasteiger partial charge is 0.493 e. The van der Waals surface area contributed by atoms with Crippen LogP contribution in [0, 0.1) is 0 Å². The number of hydrogen-bond acceptors (Lipinski definition) is 6. The number of aromatic nitrogens is 1. The molecule has 1 amide bonds. The first kappa shape index (κ1) is 19.6. The van der Waals surface area contributed by atoms with Crippen LogP contribution in [0.1, 0.15) is 20.8 Å². The number of H-pyrrole nitrogens is 1. The Morgan fingerprint density at radius 2 is 1.81 bits per heavy atom. The van der Waals surface area contributed by atoms with E-state index in [1.807, 2.05) is 12.1 Å². The Morgan fingerprint density at radius 3 is 2.38 bits per heavy atom. The zero-order valence-corrected chi connectivity index (χ0v) is 16.0. The fourth-order valence-electron chi connectivity index (χ4n) is 2.39. The van der Waals surface area contributed by atoms with E-state index in [-0.39, 0.29) is 13.2 Å². The average Bonchev–Trinajstić information content (AvgIpc) is 2.98. The van der Waals surface area contributed by atoms with E-state index < -0.39 is 11.7 Å². The molecule has 0 saturated heterocycles. The predicted molar refractivity (Wildman–Crippen MR) is 97.7 cm³/mol. The second kappa shape index (κ2) is 8.07. The molecule has 0 bridgehead atoms. The summed E-state index contributed by atoms with van der Waals surface area (Å²) in [7, 11) is 4.68. The Morgan fingerprint density at radius 1 is 1.08 bits per heavy atom. The van der Waals surface area contributed by atoms with E-state index in [9.17, 15) is 4.79 Å². The van der Waals surface area contributed by atoms with Crippen molar-refractivity contribution < 1.29 is 28.5 Å². The number of amides is 1. The van der Waals surface area contributed by atoms with Gasteiger partial charge in [0.05, 0.1) is 33.4 Å². The van der Waals surface area contributed by atoms with Gasteiger partial charge in [-0.2, -0.15) is 0 Å². The van der Waals surface area contributed by atoms with Gasteiger partial charge < -0.3 is 34.0 Å². The van der Waals surface area contributed by atoms with Crippen molar-refractivity contribution >= 4 is 17.0 Å². The maximum Gasteiger partial charge on any atom is 0.407 e. The van der Waals surface area contributed by atoms with E-state index in [0.717, 1.165) is 10.9 Å². The first-order chi connectivity index (χ1) is 12.3. The molecule has 2 rings (SSSR count). The molecule has 8 nitrogen and oxygen atoms in total. The van der Waals surface area contributed by atoms with Gasteiger partial charge in [0, 0.05) is 11.5 Å². The summed E-state index contributed by atoms with van der Waals surface area (Å²) >= 11 is 0. The number of nitrogens with one attached hydrogen (secondary N) is 2. The molecular formula is C18H26N2O6. The lowest BCUT2D eigenvalue weighted by atomic mass is 10.2. The van der Waals surface area contributed by atoms with Gasteiger partial charge in [0.2, 0.25) is 5.75 Å². The van der Waals surface area contributed by atoms with E-state index in [4.69, 9.17) is 23.7 Å². The highest BCUT2D eigenvalue weighted by Crippen LogP contribution is 2.44. The maximum atomic E-state index is 11.7. The maximum absolute atomic E-state index is 11.7. The van der Waals surface area contributed by atoms with Gasteiger partial charge in [-0.25, -0.2) is 4.79 Å². The summed E-state index contributed by atoms with van der Waals surface area (Å²) in [5.41, 5.74) is 0.190. The molecule has 144 valence electrons. The number of benzene rings is 1. The lowest BCUT2D eigenvalue weighted by molar-refractivity contribution is 0.0520. The van der Waals surface area contributed by atoms with Crippen molar-refractivity contribution in [3.05, 3.63) is 12.1 Å². The lowest BCUT2D eigenvalue weighted by Crippen LogP contribution is -2.34. The minimum absolute atomic E-state index is 0.218. The molecular weight excluding hydrogens is 340 g/mol. The van der Waals surface area contributed by atoms with E-state index in [1.165, 1.54) is 0 Å². The number of fused-ring (bicyclic) bond motifs is 1. The number of ether oxygens (including phenoxy) is 5. The average molecular weight is 366 g/mol. The van der Waals surface area contributed by atoms with Crippen LogP contribution in [0.2, 0.25) is 0 Å². The van der Waals surface area contributed by atoms with Crippen molar-refractivity contribution in [2.24, 2.45) is 0 Å². The molecule has 2 aromatic rings. The van der Waals surface area contributed by atoms with E-state index in [2.05, 4.69) is 10.3 Å². The third-order valence-electron chi connectivity index (χ3n) is 3.43. The fourth-order valence-corrected chi connectivity index (χ4v) is 2.39. The van der Waals surface area contributed by atoms with Crippen molar-refractivity contribution in [2.45, 2.75) is 26.4 Å². The zero-order chi connectivity index (χ0) is 19.3. The van der Waals surface area contributed by atoms with Crippen molar-refractivity contribution in [3.63, 3.8) is 0 Å². The van der Waals surface area contributed by atoms with Crippen molar-refractivity contribution in [1.29, 1.82) is 0 Å². The van der Waals surface area contributed by atoms with Crippen LogP contribution < -0.4 is 24.3 Å². The molecule has 1 heterocycles. The third-order valence-corrected chi connectivity index (χ3v) is 3.43. The lowest BCUT2D eigenvalue weighted by Gasteiger charge is -2.20. The van der Waals surface area contributed by atoms with Gasteiger partial charge in [-0.15, -0.1) is 0 Å². The van der Waals surface area contributed by atoms with Crippen LogP contribution in [0.5, 0.6) is 23.1 Å². The molecule has 0 unspecified atom stereocenters. The molecule has 0 atom stereocenters. The number of alkyl carbamates (subject to hydrolysis) is 1. The van der Waals surface area contributed by atoms with E-state index in [0.29, 0.717) is 23.1 Å². The third kappa shape index (κ3) is 4.65. The second-order valence-electron chi connectivity index (χ2n) is 6.52. The van der Waals surface area contributed by atoms with Crippen LogP contribution in [0.15, 0.2) is 12.1 Å². The van der Waals surface area contributed by atoms with Gasteiger partial charge in [-0.1, -0.05) is 0 Å². The first-order valence-electron chi connectivity index (χ1n) is 8.20. The standard InChI is InChI=1S/C18H26N2O6/c1-18(2,3)26-17(21)19-7-8-25-15-12(22-4)9-11-10-13(23-5)20-14(11)16(15)24-6/h9-10,20H,7-8H2,1-6H3,(H,19,21). The summed E-state index contributed by atoms with van der Waals surface area (Å²) in [5, 5.41) is 3.51. The van der Waals surface area contributed by atoms with Crippen LogP contribution >= 0.6 is 0 Å². The van der Waals surface area contributed by atoms with Crippen LogP contribution in [0.25, 0.3) is 10.9 Å². The smallest absolute Gasteiger partial charge is 0.407 e. The van der Waals surface area contributed by atoms with E-state index in [1.54, 1.807) is 42.1 Å². The molecule has 0 aliphatic carbocycles. The molecule has 0 spiro atoms. The molecule has 0 saturated carbocycles. The summed E-state index contributed by atoms with van der Waals surface area (Å²) in [5.74, 6) is 2.07. The molecule has 2 N–H and O–H groups in total. The number of carbonyl (C=O) groups is 1. The molecule has 0 aliphatic rings. The second-order valence-corrected chi connectivity index (χ2v) is 6.52. The quantitative estimate of drug-likeness (QED) is 0.732. The molecule has 1 aromatic heterocycles. The van der Waals surface area contributed by atoms with Crippen LogP contribution in [-0.4, -0.2) is 51.2 Å². The Balaban J connectivity index is 2.11. The van der Waals surface area contributed by atoms with Gasteiger partial charge >= 0.3 is 6.09 Å². The number of aromatic amines is 1. The normalized spacial score (nSPS) is 11.2. The van der Waals surface area contributed by atoms with Gasteiger partial charge in [0.25, 0.3) is 0 Å². The highest BCUT2D eigenvalue weighted by Gasteiger charge is 2.19. The zero-order valence-electron chi connectivity index (χ0n) is 16.0. The van der Waals surface area contributed by atoms with Gasteiger partial charge in [0.1, 0.15) is 12.2 Å². The molecule has 8 heteroatoms. The van der Waals surface area contributed by atoms with Crippen LogP contribution in [0.4, 0.5) is 4.79 Å². The van der Waals surface area contributed by atoms with Crippen molar-refractivity contribution in [2.75, 3.05) is 34.5 Å². The summed E-state index contributed by atoms with van der Waals surface area (Å²) in [6.45, 7) is 5.90. The highest BCUT2D eigenvalue weighted by atomic mass is 16.6. The summed E-state index contributed by atoms with van der Waals surface area (Å²) in [6, 6.07) is 3.67. The van der Waals surface area contributed by atoms with Crippen molar-refractivity contribution in [3.8, 4) is 23.1 Å². The minimum Gasteiger partial charge on any atom is -0.493 e. The monoisotopic (exact) mass is 366 g/mol. The molecule has 1 aromatic carbocycles. The topological polar surface area (TPSA) is 91.0 Å². The number of carbonyl (C=O) groups excluding carboxylic acids is 1. The number of hydrogen-bond donors (Lipinski definition) is 2. The Kier molecular flexibility index (Phi) is 6.07. The SMILES string of the molecule is COc1cc2cc(OC)c(OCCNC(=O)OC(C)(C)C)c(OC)c2[nH]1. The van der Waals surface area contributed by atoms with Crippen molar-refractivity contribution in [1.82, 2.24) is 10.3 Å². The minimum atomic E-state index is -0.547. The van der Waals surface area contributed by atoms with Gasteiger partial charge in [-0.05, 0) is 26.8 Å². The summed E-state index contributed by atoms with van der Waals surface area (Å²) < 4.78 is 27.1. The number of methoxy groups -OCH3 is 3. The molecule has 26 heavy (non-hydrogen) atoms. The molecule has 0 radical (unpaired) electrons. The van der Waals surface area contributed by atoms with Gasteiger partial charge in [-0.3, -0.25) is 0 Å². The Hall–Kier alpha value is -2.77. The fraction of sp³-hybridized carbons (Fsp3) is 0.500. The van der Waals surface area contributed by atoms with E-state index >= 15 is 0 Å². The predicted octanol–water partition coefficient (Wildman–Crippen LogP) is 3.10. The first-order valence-corrected chi connectivity index (χ1v) is 8.20. The molecule has 0 aliphatic heterocycles. The van der Waals surface area contributed by atoms with Crippen LogP contribution in [0.3, 0.4) is 0 Å². The Labute approximate surface area is 152 Å². The molecule has 0 fully saturated rings. The summed E-state index contributed by atoms with van der Waals surface area (Å²) in [4.78, 5) is 14.8. The summed E-state index contributed by atoms with van der Waals surface area (Å²) in [6.07, 6.45) is -0.496. The Bertz CT molecular complexity index is 763.